The van der Waals surface area contributed by atoms with Crippen LogP contribution in [-0.4, -0.2) is 5.97 Å². The molecule has 1 aliphatic carbocycles. The Morgan fingerprint density at radius 1 is 1.45 bits per heavy atom. The first kappa shape index (κ1) is 8.05. The van der Waals surface area contributed by atoms with Gasteiger partial charge in [0, 0.05) is 6.92 Å². The molecule has 11 heavy (non-hydrogen) atoms. The normalized spacial score (nSPS) is 16.9. The summed E-state index contributed by atoms with van der Waals surface area (Å²) in [6, 6.07) is 0. The Kier molecular flexibility index (Phi) is 2.47. The number of hydrogen-bond acceptors (Lipinski definition) is 2. The van der Waals surface area contributed by atoms with Crippen LogP contribution in [0.3, 0.4) is 0 Å². The van der Waals surface area contributed by atoms with Crippen molar-refractivity contribution in [3.05, 3.63) is 23.5 Å². The zero-order valence-electron chi connectivity index (χ0n) is 6.89. The molecule has 0 saturated heterocycles. The van der Waals surface area contributed by atoms with E-state index in [2.05, 4.69) is 6.08 Å². The predicted molar refractivity (Wildman–Crippen MR) is 42.8 cm³/mol. The van der Waals surface area contributed by atoms with Gasteiger partial charge < -0.3 is 4.74 Å². The maximum absolute atomic E-state index is 10.6. The van der Waals surface area contributed by atoms with Crippen molar-refractivity contribution < 1.29 is 9.53 Å². The van der Waals surface area contributed by atoms with E-state index < -0.39 is 0 Å². The Bertz CT molecular complexity index is 224. The summed E-state index contributed by atoms with van der Waals surface area (Å²) in [7, 11) is 0. The van der Waals surface area contributed by atoms with Gasteiger partial charge in [0.1, 0.15) is 5.76 Å². The Morgan fingerprint density at radius 3 is 2.64 bits per heavy atom. The van der Waals surface area contributed by atoms with Crippen LogP contribution < -0.4 is 0 Å². The molecular weight excluding hydrogens is 140 g/mol. The van der Waals surface area contributed by atoms with Gasteiger partial charge in [-0.3, -0.25) is 4.79 Å². The SMILES string of the molecule is CC(=O)OC1=CCCC=C1C. The van der Waals surface area contributed by atoms with E-state index in [-0.39, 0.29) is 5.97 Å². The lowest BCUT2D eigenvalue weighted by Crippen LogP contribution is -2.02. The summed E-state index contributed by atoms with van der Waals surface area (Å²) < 4.78 is 4.96. The number of carbonyl (C=O) groups is 1. The van der Waals surface area contributed by atoms with Crippen LogP contribution in [0.15, 0.2) is 23.5 Å². The topological polar surface area (TPSA) is 26.3 Å². The maximum Gasteiger partial charge on any atom is 0.308 e. The van der Waals surface area contributed by atoms with Crippen LogP contribution in [0, 0.1) is 0 Å². The van der Waals surface area contributed by atoms with Gasteiger partial charge in [-0.05, 0) is 31.4 Å². The summed E-state index contributed by atoms with van der Waals surface area (Å²) >= 11 is 0. The highest BCUT2D eigenvalue weighted by Crippen LogP contribution is 2.18. The summed E-state index contributed by atoms with van der Waals surface area (Å²) in [5.41, 5.74) is 1.06. The minimum atomic E-state index is -0.245. The monoisotopic (exact) mass is 152 g/mol. The third-order valence-corrected chi connectivity index (χ3v) is 1.59. The standard InChI is InChI=1S/C9H12O2/c1-7-5-3-4-6-9(7)11-8(2)10/h5-6H,3-4H2,1-2H3. The number of carbonyl (C=O) groups excluding carboxylic acids is 1. The molecule has 0 aliphatic heterocycles. The molecule has 1 aliphatic rings. The van der Waals surface area contributed by atoms with Gasteiger partial charge in [-0.25, -0.2) is 0 Å². The van der Waals surface area contributed by atoms with Crippen LogP contribution in [0.5, 0.6) is 0 Å². The molecule has 2 heteroatoms. The Hall–Kier alpha value is -1.05. The van der Waals surface area contributed by atoms with Crippen molar-refractivity contribution in [2.45, 2.75) is 26.7 Å². The number of allylic oxidation sites excluding steroid dienone is 3. The molecule has 0 bridgehead atoms. The van der Waals surface area contributed by atoms with E-state index in [0.717, 1.165) is 24.2 Å². The summed E-state index contributed by atoms with van der Waals surface area (Å²) in [4.78, 5) is 10.6. The summed E-state index contributed by atoms with van der Waals surface area (Å²) in [6.45, 7) is 3.37. The average Bonchev–Trinajstić information content (AvgIpc) is 1.93. The molecule has 0 fully saturated rings. The Balaban J connectivity index is 2.63. The summed E-state index contributed by atoms with van der Waals surface area (Å²) in [5, 5.41) is 0. The van der Waals surface area contributed by atoms with E-state index in [1.54, 1.807) is 0 Å². The van der Waals surface area contributed by atoms with Crippen molar-refractivity contribution in [3.63, 3.8) is 0 Å². The van der Waals surface area contributed by atoms with Gasteiger partial charge in [-0.1, -0.05) is 6.08 Å². The minimum absolute atomic E-state index is 0.245. The average molecular weight is 152 g/mol. The highest BCUT2D eigenvalue weighted by molar-refractivity contribution is 5.68. The van der Waals surface area contributed by atoms with E-state index in [4.69, 9.17) is 4.74 Å². The molecule has 0 aromatic rings. The van der Waals surface area contributed by atoms with Crippen LogP contribution in [0.1, 0.15) is 26.7 Å². The smallest absolute Gasteiger partial charge is 0.308 e. The fraction of sp³-hybridized carbons (Fsp3) is 0.444. The van der Waals surface area contributed by atoms with Gasteiger partial charge in [0.25, 0.3) is 0 Å². The largest absolute Gasteiger partial charge is 0.427 e. The van der Waals surface area contributed by atoms with E-state index >= 15 is 0 Å². The number of rotatable bonds is 1. The molecule has 2 nitrogen and oxygen atoms in total. The van der Waals surface area contributed by atoms with Crippen molar-refractivity contribution >= 4 is 5.97 Å². The lowest BCUT2D eigenvalue weighted by atomic mass is 10.1. The van der Waals surface area contributed by atoms with E-state index in [1.807, 2.05) is 13.0 Å². The molecular formula is C9H12O2. The minimum Gasteiger partial charge on any atom is -0.427 e. The van der Waals surface area contributed by atoms with Gasteiger partial charge in [0.05, 0.1) is 0 Å². The fourth-order valence-electron chi connectivity index (χ4n) is 1.05. The molecule has 0 aromatic heterocycles. The lowest BCUT2D eigenvalue weighted by molar-refractivity contribution is -0.136. The van der Waals surface area contributed by atoms with Gasteiger partial charge in [-0.2, -0.15) is 0 Å². The maximum atomic E-state index is 10.6. The molecule has 0 amide bonds. The fourth-order valence-corrected chi connectivity index (χ4v) is 1.05. The molecule has 0 aromatic carbocycles. The van der Waals surface area contributed by atoms with Gasteiger partial charge in [0.2, 0.25) is 0 Å². The highest BCUT2D eigenvalue weighted by Gasteiger charge is 2.06. The van der Waals surface area contributed by atoms with Gasteiger partial charge in [-0.15, -0.1) is 0 Å². The van der Waals surface area contributed by atoms with Crippen molar-refractivity contribution in [2.75, 3.05) is 0 Å². The van der Waals surface area contributed by atoms with Crippen LogP contribution >= 0.6 is 0 Å². The van der Waals surface area contributed by atoms with E-state index in [1.165, 1.54) is 6.92 Å². The van der Waals surface area contributed by atoms with Crippen molar-refractivity contribution in [1.82, 2.24) is 0 Å². The molecule has 0 N–H and O–H groups in total. The number of hydrogen-bond donors (Lipinski definition) is 0. The third-order valence-electron chi connectivity index (χ3n) is 1.59. The van der Waals surface area contributed by atoms with Crippen LogP contribution in [0.25, 0.3) is 0 Å². The number of ether oxygens (including phenoxy) is 1. The van der Waals surface area contributed by atoms with Crippen LogP contribution in [-0.2, 0) is 9.53 Å². The molecule has 0 heterocycles. The Morgan fingerprint density at radius 2 is 2.09 bits per heavy atom. The van der Waals surface area contributed by atoms with E-state index in [0.29, 0.717) is 0 Å². The quantitative estimate of drug-likeness (QED) is 0.538. The lowest BCUT2D eigenvalue weighted by Gasteiger charge is -2.10. The Labute approximate surface area is 66.5 Å². The number of esters is 1. The predicted octanol–water partition coefficient (Wildman–Crippen LogP) is 2.17. The van der Waals surface area contributed by atoms with Crippen molar-refractivity contribution in [2.24, 2.45) is 0 Å². The van der Waals surface area contributed by atoms with Crippen LogP contribution in [0.2, 0.25) is 0 Å². The first-order valence-electron chi connectivity index (χ1n) is 3.76. The first-order chi connectivity index (χ1) is 5.20. The van der Waals surface area contributed by atoms with Crippen molar-refractivity contribution in [1.29, 1.82) is 0 Å². The van der Waals surface area contributed by atoms with Gasteiger partial charge >= 0.3 is 5.97 Å². The summed E-state index contributed by atoms with van der Waals surface area (Å²) in [6.07, 6.45) is 6.06. The second kappa shape index (κ2) is 3.37. The van der Waals surface area contributed by atoms with Gasteiger partial charge in [0.15, 0.2) is 0 Å². The zero-order valence-corrected chi connectivity index (χ0v) is 6.89. The van der Waals surface area contributed by atoms with Crippen LogP contribution in [0.4, 0.5) is 0 Å². The molecule has 60 valence electrons. The molecule has 0 unspecified atom stereocenters. The summed E-state index contributed by atoms with van der Waals surface area (Å²) in [5.74, 6) is 0.481. The molecule has 0 atom stereocenters. The molecule has 0 radical (unpaired) electrons. The second-order valence-corrected chi connectivity index (χ2v) is 2.63. The third kappa shape index (κ3) is 2.22. The zero-order chi connectivity index (χ0) is 8.27. The van der Waals surface area contributed by atoms with Crippen molar-refractivity contribution in [3.8, 4) is 0 Å². The second-order valence-electron chi connectivity index (χ2n) is 2.63. The van der Waals surface area contributed by atoms with E-state index in [9.17, 15) is 4.79 Å². The molecule has 1 rings (SSSR count). The molecule has 0 spiro atoms. The highest BCUT2D eigenvalue weighted by atomic mass is 16.5. The molecule has 0 saturated carbocycles. The first-order valence-corrected chi connectivity index (χ1v) is 3.76.